The monoisotopic (exact) mass is 564 g/mol. The van der Waals surface area contributed by atoms with Gasteiger partial charge in [-0.05, 0) is 38.8 Å². The highest BCUT2D eigenvalue weighted by molar-refractivity contribution is 7.85. The number of methoxy groups -OCH3 is 1. The lowest BCUT2D eigenvalue weighted by Gasteiger charge is -2.37. The second kappa shape index (κ2) is 13.6. The molecule has 1 aliphatic heterocycles. The molecule has 1 saturated heterocycles. The molecule has 1 fully saturated rings. The average Bonchev–Trinajstić information content (AvgIpc) is 3.47. The van der Waals surface area contributed by atoms with Crippen LogP contribution in [0, 0.1) is 0 Å². The summed E-state index contributed by atoms with van der Waals surface area (Å²) in [6.07, 6.45) is 1.16. The van der Waals surface area contributed by atoms with E-state index in [2.05, 4.69) is 4.90 Å². The van der Waals surface area contributed by atoms with Crippen molar-refractivity contribution in [3.8, 4) is 5.75 Å². The first kappa shape index (κ1) is 29.4. The van der Waals surface area contributed by atoms with E-state index in [0.717, 1.165) is 6.42 Å². The summed E-state index contributed by atoms with van der Waals surface area (Å²) in [6.45, 7) is 4.47. The topological polar surface area (TPSA) is 85.4 Å². The molecule has 0 amide bonds. The van der Waals surface area contributed by atoms with E-state index >= 15 is 4.57 Å². The van der Waals surface area contributed by atoms with E-state index in [9.17, 15) is 9.59 Å². The number of para-hydroxylation sites is 1. The lowest BCUT2D eigenvalue weighted by Crippen LogP contribution is -2.50. The summed E-state index contributed by atoms with van der Waals surface area (Å²) < 4.78 is 31.8. The van der Waals surface area contributed by atoms with Crippen LogP contribution in [0.3, 0.4) is 0 Å². The first-order valence-corrected chi connectivity index (χ1v) is 15.4. The summed E-state index contributed by atoms with van der Waals surface area (Å²) in [5.41, 5.74) is 0.696. The van der Waals surface area contributed by atoms with Crippen molar-refractivity contribution in [3.05, 3.63) is 78.9 Å². The molecular formula is C31H37N2O6P. The molecule has 0 unspecified atom stereocenters. The fourth-order valence-corrected chi connectivity index (χ4v) is 8.19. The van der Waals surface area contributed by atoms with Crippen LogP contribution >= 0.6 is 7.14 Å². The highest BCUT2D eigenvalue weighted by Crippen LogP contribution is 2.48. The molecule has 1 atom stereocenters. The minimum atomic E-state index is -3.36. The summed E-state index contributed by atoms with van der Waals surface area (Å²) >= 11 is 0. The fourth-order valence-electron chi connectivity index (χ4n) is 5.32. The molecule has 40 heavy (non-hydrogen) atoms. The Kier molecular flexibility index (Phi) is 10.0. The van der Waals surface area contributed by atoms with Crippen LogP contribution in [0.5, 0.6) is 5.75 Å². The molecule has 9 heteroatoms. The molecular weight excluding hydrogens is 527 g/mol. The first-order valence-electron chi connectivity index (χ1n) is 13.6. The Labute approximate surface area is 236 Å². The molecule has 0 N–H and O–H groups in total. The van der Waals surface area contributed by atoms with Crippen LogP contribution in [0.15, 0.2) is 78.9 Å². The zero-order valence-corrected chi connectivity index (χ0v) is 24.2. The van der Waals surface area contributed by atoms with Gasteiger partial charge in [0.15, 0.2) is 7.14 Å². The van der Waals surface area contributed by atoms with Crippen LogP contribution in [0.25, 0.3) is 0 Å². The summed E-state index contributed by atoms with van der Waals surface area (Å²) in [7, 11) is -1.77. The number of nitrogens with zero attached hydrogens (tertiary/aromatic N) is 2. The highest BCUT2D eigenvalue weighted by atomic mass is 31.2. The first-order chi connectivity index (χ1) is 19.4. The van der Waals surface area contributed by atoms with Crippen molar-refractivity contribution in [3.63, 3.8) is 0 Å². The number of anilines is 1. The molecule has 3 aromatic carbocycles. The van der Waals surface area contributed by atoms with Crippen molar-refractivity contribution in [2.45, 2.75) is 32.9 Å². The van der Waals surface area contributed by atoms with Gasteiger partial charge in [-0.2, -0.15) is 0 Å². The van der Waals surface area contributed by atoms with E-state index < -0.39 is 19.1 Å². The standard InChI is InChI=1S/C31H37N2O6P/c1-4-38-29(34)22-32(23-30(35)39-5-2)28-20-13-21-33(28)31-26(37-3)18-12-19-27(31)40(36,24-14-8-6-9-15-24)25-16-10-7-11-17-25/h6-12,14-19,28H,4-5,13,20-23H2,1-3H3/t28-/m0/s1. The Morgan fingerprint density at radius 2 is 1.40 bits per heavy atom. The highest BCUT2D eigenvalue weighted by Gasteiger charge is 2.40. The Hall–Kier alpha value is -3.61. The third-order valence-electron chi connectivity index (χ3n) is 6.98. The zero-order chi connectivity index (χ0) is 28.5. The van der Waals surface area contributed by atoms with Gasteiger partial charge in [0.1, 0.15) is 5.75 Å². The molecule has 1 aliphatic rings. The van der Waals surface area contributed by atoms with Gasteiger partial charge in [0.05, 0.1) is 45.3 Å². The van der Waals surface area contributed by atoms with Crippen molar-refractivity contribution in [2.24, 2.45) is 0 Å². The van der Waals surface area contributed by atoms with Crippen molar-refractivity contribution in [2.75, 3.05) is 44.9 Å². The van der Waals surface area contributed by atoms with Gasteiger partial charge >= 0.3 is 11.9 Å². The minimum Gasteiger partial charge on any atom is -0.495 e. The number of carbonyl (C=O) groups excluding carboxylic acids is 2. The van der Waals surface area contributed by atoms with E-state index in [0.29, 0.717) is 40.3 Å². The van der Waals surface area contributed by atoms with Crippen LogP contribution in [-0.2, 0) is 23.6 Å². The van der Waals surface area contributed by atoms with Crippen LogP contribution in [0.2, 0.25) is 0 Å². The summed E-state index contributed by atoms with van der Waals surface area (Å²) in [6, 6.07) is 24.6. The minimum absolute atomic E-state index is 0.0761. The second-order valence-electron chi connectivity index (χ2n) is 9.44. The molecule has 4 rings (SSSR count). The number of hydrogen-bond donors (Lipinski definition) is 0. The van der Waals surface area contributed by atoms with E-state index in [1.807, 2.05) is 78.9 Å². The second-order valence-corrected chi connectivity index (χ2v) is 12.2. The zero-order valence-electron chi connectivity index (χ0n) is 23.3. The lowest BCUT2D eigenvalue weighted by molar-refractivity contribution is -0.149. The number of ether oxygens (including phenoxy) is 3. The van der Waals surface area contributed by atoms with Gasteiger partial charge in [-0.25, -0.2) is 0 Å². The Balaban J connectivity index is 1.87. The van der Waals surface area contributed by atoms with Crippen LogP contribution in [0.1, 0.15) is 26.7 Å². The maximum Gasteiger partial charge on any atom is 0.320 e. The normalized spacial score (nSPS) is 15.2. The number of benzene rings is 3. The van der Waals surface area contributed by atoms with Gasteiger partial charge in [0.2, 0.25) is 0 Å². The molecule has 0 aliphatic carbocycles. The van der Waals surface area contributed by atoms with Gasteiger partial charge in [0, 0.05) is 22.5 Å². The third kappa shape index (κ3) is 6.24. The van der Waals surface area contributed by atoms with Gasteiger partial charge < -0.3 is 23.7 Å². The maximum absolute atomic E-state index is 15.4. The molecule has 0 radical (unpaired) electrons. The number of hydrogen-bond acceptors (Lipinski definition) is 8. The SMILES string of the molecule is CCOC(=O)CN(CC(=O)OCC)[C@@H]1CCCN1c1c(OC)cccc1P(=O)(c1ccccc1)c1ccccc1. The third-order valence-corrected chi connectivity index (χ3v) is 10.1. The number of esters is 2. The average molecular weight is 565 g/mol. The van der Waals surface area contributed by atoms with Crippen molar-refractivity contribution in [1.29, 1.82) is 0 Å². The molecule has 212 valence electrons. The molecule has 1 heterocycles. The van der Waals surface area contributed by atoms with E-state index in [1.165, 1.54) is 0 Å². The van der Waals surface area contributed by atoms with Crippen molar-refractivity contribution in [1.82, 2.24) is 4.90 Å². The maximum atomic E-state index is 15.4. The smallest absolute Gasteiger partial charge is 0.320 e. The lowest BCUT2D eigenvalue weighted by atomic mass is 10.2. The number of carbonyl (C=O) groups is 2. The predicted octanol–water partition coefficient (Wildman–Crippen LogP) is 3.69. The van der Waals surface area contributed by atoms with Gasteiger partial charge in [-0.3, -0.25) is 14.5 Å². The van der Waals surface area contributed by atoms with Gasteiger partial charge in [-0.15, -0.1) is 0 Å². The predicted molar refractivity (Wildman–Crippen MR) is 158 cm³/mol. The Morgan fingerprint density at radius 1 is 0.850 bits per heavy atom. The number of rotatable bonds is 12. The van der Waals surface area contributed by atoms with E-state index in [1.54, 1.807) is 25.9 Å². The van der Waals surface area contributed by atoms with Gasteiger partial charge in [-0.1, -0.05) is 66.7 Å². The molecule has 0 spiro atoms. The van der Waals surface area contributed by atoms with Crippen molar-refractivity contribution < 1.29 is 28.4 Å². The Bertz CT molecular complexity index is 1270. The van der Waals surface area contributed by atoms with E-state index in [4.69, 9.17) is 14.2 Å². The van der Waals surface area contributed by atoms with Crippen LogP contribution in [0.4, 0.5) is 5.69 Å². The van der Waals surface area contributed by atoms with Crippen LogP contribution in [-0.4, -0.2) is 63.0 Å². The summed E-state index contributed by atoms with van der Waals surface area (Å²) in [5.74, 6) is -0.264. The van der Waals surface area contributed by atoms with E-state index in [-0.39, 0.29) is 32.5 Å². The van der Waals surface area contributed by atoms with Crippen LogP contribution < -0.4 is 25.6 Å². The Morgan fingerprint density at radius 3 is 1.90 bits per heavy atom. The molecule has 0 bridgehead atoms. The summed E-state index contributed by atoms with van der Waals surface area (Å²) in [4.78, 5) is 29.1. The molecule has 0 aromatic heterocycles. The summed E-state index contributed by atoms with van der Waals surface area (Å²) in [5, 5.41) is 2.06. The quantitative estimate of drug-likeness (QED) is 0.243. The molecule has 0 saturated carbocycles. The van der Waals surface area contributed by atoms with Crippen molar-refractivity contribution >= 4 is 40.7 Å². The fraction of sp³-hybridized carbons (Fsp3) is 0.355. The molecule has 8 nitrogen and oxygen atoms in total. The van der Waals surface area contributed by atoms with Gasteiger partial charge in [0.25, 0.3) is 0 Å². The largest absolute Gasteiger partial charge is 0.495 e. The molecule has 3 aromatic rings.